The van der Waals surface area contributed by atoms with Gasteiger partial charge in [0.05, 0.1) is 20.8 Å². The van der Waals surface area contributed by atoms with Gasteiger partial charge < -0.3 is 5.32 Å². The van der Waals surface area contributed by atoms with Gasteiger partial charge >= 0.3 is 12.4 Å². The van der Waals surface area contributed by atoms with Crippen molar-refractivity contribution in [1.29, 1.82) is 0 Å². The van der Waals surface area contributed by atoms with E-state index in [-0.39, 0.29) is 24.6 Å². The number of alkyl halides is 6. The smallest absolute Gasteiger partial charge is 0.352 e. The monoisotopic (exact) mass is 503 g/mol. The number of nitrogens with one attached hydrogen (secondary N) is 1. The van der Waals surface area contributed by atoms with Crippen molar-refractivity contribution in [1.82, 2.24) is 5.32 Å². The lowest BCUT2D eigenvalue weighted by Gasteiger charge is -2.25. The minimum atomic E-state index is -5.04. The summed E-state index contributed by atoms with van der Waals surface area (Å²) in [5.41, 5.74) is -3.70. The van der Waals surface area contributed by atoms with Crippen LogP contribution in [-0.2, 0) is 22.2 Å². The molecular weight excluding hydrogens is 486 g/mol. The lowest BCUT2D eigenvalue weighted by atomic mass is 10.1. The van der Waals surface area contributed by atoms with Gasteiger partial charge in [-0.05, 0) is 56.7 Å². The zero-order valence-corrected chi connectivity index (χ0v) is 17.9. The number of carbonyl (C=O) groups excluding carboxylic acids is 1. The number of amides is 1. The maximum Gasteiger partial charge on any atom is 0.419 e. The van der Waals surface area contributed by atoms with Crippen LogP contribution in [0.25, 0.3) is 0 Å². The summed E-state index contributed by atoms with van der Waals surface area (Å²) in [4.78, 5) is 11.2. The fourth-order valence-electron chi connectivity index (χ4n) is 2.80. The van der Waals surface area contributed by atoms with Crippen LogP contribution in [0.15, 0.2) is 41.3 Å². The van der Waals surface area contributed by atoms with Crippen LogP contribution in [-0.4, -0.2) is 25.6 Å². The van der Waals surface area contributed by atoms with E-state index in [2.05, 4.69) is 5.32 Å². The molecule has 4 nitrogen and oxygen atoms in total. The second-order valence-electron chi connectivity index (χ2n) is 7.63. The molecule has 0 aliphatic rings. The molecule has 0 aliphatic carbocycles. The summed E-state index contributed by atoms with van der Waals surface area (Å²) < 4.78 is 128. The van der Waals surface area contributed by atoms with Crippen LogP contribution in [0.1, 0.15) is 41.8 Å². The summed E-state index contributed by atoms with van der Waals surface area (Å²) in [6, 6.07) is 2.40. The van der Waals surface area contributed by atoms with Crippen molar-refractivity contribution in [3.05, 3.63) is 64.7 Å². The van der Waals surface area contributed by atoms with Crippen LogP contribution in [0.3, 0.4) is 0 Å². The van der Waals surface area contributed by atoms with E-state index in [9.17, 15) is 48.3 Å². The molecule has 0 aromatic heterocycles. The van der Waals surface area contributed by atoms with Gasteiger partial charge in [0.2, 0.25) is 0 Å². The van der Waals surface area contributed by atoms with E-state index >= 15 is 0 Å². The van der Waals surface area contributed by atoms with Gasteiger partial charge in [-0.2, -0.15) is 26.3 Å². The zero-order valence-electron chi connectivity index (χ0n) is 17.0. The van der Waals surface area contributed by atoms with Gasteiger partial charge in [-0.1, -0.05) is 0 Å². The number of sulfone groups is 1. The maximum atomic E-state index is 13.6. The highest BCUT2D eigenvalue weighted by Crippen LogP contribution is 2.35. The molecule has 1 amide bonds. The summed E-state index contributed by atoms with van der Waals surface area (Å²) in [5.74, 6) is -4.05. The first kappa shape index (κ1) is 26.6. The minimum absolute atomic E-state index is 0.143. The molecule has 0 atom stereocenters. The molecule has 0 bridgehead atoms. The second kappa shape index (κ2) is 8.92. The standard InChI is InChI=1S/C20H17F8NO3S/c1-18(2,33(31,32)14-9-12(19(23,24)25)8-13(21)10-14)5-6-29-17(30)11-3-4-16(22)15(7-11)20(26,27)28/h3-4,7-10H,5-6H2,1-2H3,(H,29,30). The average Bonchev–Trinajstić information content (AvgIpc) is 2.65. The van der Waals surface area contributed by atoms with Gasteiger partial charge in [-0.3, -0.25) is 4.79 Å². The molecule has 0 saturated heterocycles. The topological polar surface area (TPSA) is 63.2 Å². The number of hydrogen-bond acceptors (Lipinski definition) is 3. The normalized spacial score (nSPS) is 13.2. The molecule has 1 N–H and O–H groups in total. The van der Waals surface area contributed by atoms with E-state index in [0.29, 0.717) is 12.1 Å². The SMILES string of the molecule is CC(C)(CCNC(=O)c1ccc(F)c(C(F)(F)F)c1)S(=O)(=O)c1cc(F)cc(C(F)(F)F)c1. The predicted molar refractivity (Wildman–Crippen MR) is 101 cm³/mol. The molecule has 0 saturated carbocycles. The summed E-state index contributed by atoms with van der Waals surface area (Å²) in [7, 11) is -4.53. The molecule has 0 heterocycles. The highest BCUT2D eigenvalue weighted by molar-refractivity contribution is 7.92. The van der Waals surface area contributed by atoms with E-state index < -0.39 is 72.6 Å². The van der Waals surface area contributed by atoms with E-state index in [1.54, 1.807) is 0 Å². The Labute approximate surface area is 183 Å². The van der Waals surface area contributed by atoms with Crippen LogP contribution >= 0.6 is 0 Å². The Balaban J connectivity index is 2.19. The summed E-state index contributed by atoms with van der Waals surface area (Å²) in [5, 5.41) is 2.18. The van der Waals surface area contributed by atoms with Crippen molar-refractivity contribution in [3.63, 3.8) is 0 Å². The van der Waals surface area contributed by atoms with Crippen molar-refractivity contribution in [3.8, 4) is 0 Å². The maximum absolute atomic E-state index is 13.6. The van der Waals surface area contributed by atoms with Crippen molar-refractivity contribution >= 4 is 15.7 Å². The van der Waals surface area contributed by atoms with Crippen LogP contribution in [0.4, 0.5) is 35.1 Å². The lowest BCUT2D eigenvalue weighted by molar-refractivity contribution is -0.140. The molecule has 33 heavy (non-hydrogen) atoms. The second-order valence-corrected chi connectivity index (χ2v) is 10.2. The predicted octanol–water partition coefficient (Wildman–Crippen LogP) is 5.37. The Hall–Kier alpha value is -2.70. The number of carbonyl (C=O) groups is 1. The lowest BCUT2D eigenvalue weighted by Crippen LogP contribution is -2.37. The number of rotatable bonds is 6. The zero-order chi connectivity index (χ0) is 25.4. The van der Waals surface area contributed by atoms with E-state index in [4.69, 9.17) is 0 Å². The van der Waals surface area contributed by atoms with Gasteiger partial charge in [0, 0.05) is 12.1 Å². The largest absolute Gasteiger partial charge is 0.419 e. The van der Waals surface area contributed by atoms with Crippen molar-refractivity contribution in [2.75, 3.05) is 6.54 Å². The third-order valence-corrected chi connectivity index (χ3v) is 7.30. The Kier molecular flexibility index (Phi) is 7.17. The molecule has 0 unspecified atom stereocenters. The van der Waals surface area contributed by atoms with Crippen molar-refractivity contribution in [2.24, 2.45) is 0 Å². The van der Waals surface area contributed by atoms with Crippen LogP contribution < -0.4 is 5.32 Å². The van der Waals surface area contributed by atoms with Gasteiger partial charge in [0.15, 0.2) is 9.84 Å². The molecule has 13 heteroatoms. The molecule has 0 aliphatic heterocycles. The van der Waals surface area contributed by atoms with E-state index in [0.717, 1.165) is 19.9 Å². The Morgan fingerprint density at radius 3 is 2.06 bits per heavy atom. The van der Waals surface area contributed by atoms with E-state index in [1.165, 1.54) is 0 Å². The number of hydrogen-bond donors (Lipinski definition) is 1. The molecular formula is C20H17F8NO3S. The Bertz CT molecular complexity index is 1150. The Morgan fingerprint density at radius 1 is 0.909 bits per heavy atom. The summed E-state index contributed by atoms with van der Waals surface area (Å²) >= 11 is 0. The quantitative estimate of drug-likeness (QED) is 0.539. The van der Waals surface area contributed by atoms with Crippen LogP contribution in [0, 0.1) is 11.6 Å². The molecule has 0 spiro atoms. The molecule has 0 radical (unpaired) electrons. The Morgan fingerprint density at radius 2 is 1.52 bits per heavy atom. The molecule has 2 rings (SSSR count). The fourth-order valence-corrected chi connectivity index (χ4v) is 4.36. The first-order valence-corrected chi connectivity index (χ1v) is 10.6. The third kappa shape index (κ3) is 6.01. The fraction of sp³-hybridized carbons (Fsp3) is 0.350. The average molecular weight is 503 g/mol. The highest BCUT2D eigenvalue weighted by atomic mass is 32.2. The first-order chi connectivity index (χ1) is 14.9. The summed E-state index contributed by atoms with van der Waals surface area (Å²) in [6.45, 7) is 1.85. The number of halogens is 8. The van der Waals surface area contributed by atoms with E-state index in [1.807, 2.05) is 0 Å². The van der Waals surface area contributed by atoms with Gasteiger partial charge in [0.25, 0.3) is 5.91 Å². The molecule has 2 aromatic rings. The van der Waals surface area contributed by atoms with Crippen molar-refractivity contribution in [2.45, 2.75) is 42.3 Å². The third-order valence-electron chi connectivity index (χ3n) is 4.78. The first-order valence-electron chi connectivity index (χ1n) is 9.13. The van der Waals surface area contributed by atoms with Crippen molar-refractivity contribution < 1.29 is 48.3 Å². The highest BCUT2D eigenvalue weighted by Gasteiger charge is 2.39. The van der Waals surface area contributed by atoms with Crippen LogP contribution in [0.5, 0.6) is 0 Å². The molecule has 2 aromatic carbocycles. The number of benzene rings is 2. The van der Waals surface area contributed by atoms with Gasteiger partial charge in [0.1, 0.15) is 11.6 Å². The van der Waals surface area contributed by atoms with Gasteiger partial charge in [-0.15, -0.1) is 0 Å². The molecule has 182 valence electrons. The van der Waals surface area contributed by atoms with Gasteiger partial charge in [-0.25, -0.2) is 17.2 Å². The van der Waals surface area contributed by atoms with Crippen LogP contribution in [0.2, 0.25) is 0 Å². The summed E-state index contributed by atoms with van der Waals surface area (Å²) in [6.07, 6.45) is -10.4. The minimum Gasteiger partial charge on any atom is -0.352 e. The molecule has 0 fully saturated rings.